The van der Waals surface area contributed by atoms with Crippen LogP contribution in [0.15, 0.2) is 30.3 Å². The van der Waals surface area contributed by atoms with E-state index in [1.54, 1.807) is 12.1 Å². The highest BCUT2D eigenvalue weighted by Gasteiger charge is 2.48. The van der Waals surface area contributed by atoms with Gasteiger partial charge in [0, 0.05) is 12.0 Å². The highest BCUT2D eigenvalue weighted by atomic mass is 16.5. The van der Waals surface area contributed by atoms with E-state index in [9.17, 15) is 9.59 Å². The van der Waals surface area contributed by atoms with Crippen LogP contribution >= 0.6 is 0 Å². The van der Waals surface area contributed by atoms with Crippen molar-refractivity contribution in [3.05, 3.63) is 35.9 Å². The number of carbonyl (C=O) groups excluding carboxylic acids is 2. The molecule has 3 rings (SSSR count). The van der Waals surface area contributed by atoms with Crippen LogP contribution in [-0.2, 0) is 9.53 Å². The first-order valence-electron chi connectivity index (χ1n) is 7.00. The molecule has 1 unspecified atom stereocenters. The summed E-state index contributed by atoms with van der Waals surface area (Å²) in [6, 6.07) is 8.96. The minimum atomic E-state index is -0.875. The van der Waals surface area contributed by atoms with Gasteiger partial charge in [0.2, 0.25) is 0 Å². The van der Waals surface area contributed by atoms with Crippen LogP contribution in [0.1, 0.15) is 48.9 Å². The van der Waals surface area contributed by atoms with E-state index in [4.69, 9.17) is 4.74 Å². The number of carbonyl (C=O) groups is 2. The fourth-order valence-electron chi connectivity index (χ4n) is 3.21. The van der Waals surface area contributed by atoms with Gasteiger partial charge in [-0.25, -0.2) is 0 Å². The molecule has 1 heterocycles. The third-order valence-corrected chi connectivity index (χ3v) is 4.22. The van der Waals surface area contributed by atoms with E-state index in [0.29, 0.717) is 12.0 Å². The first-order chi connectivity index (χ1) is 9.20. The molecule has 1 saturated heterocycles. The predicted octanol–water partition coefficient (Wildman–Crippen LogP) is 2.93. The first-order valence-corrected chi connectivity index (χ1v) is 7.00. The van der Waals surface area contributed by atoms with Crippen LogP contribution in [0, 0.1) is 0 Å². The van der Waals surface area contributed by atoms with Crippen LogP contribution in [0.4, 0.5) is 0 Å². The number of hydrogen-bond acceptors (Lipinski definition) is 3. The molecule has 0 N–H and O–H groups in total. The van der Waals surface area contributed by atoms with E-state index in [0.717, 1.165) is 25.7 Å². The molecule has 1 spiro atoms. The highest BCUT2D eigenvalue weighted by molar-refractivity contribution is 6.14. The van der Waals surface area contributed by atoms with Crippen molar-refractivity contribution in [3.8, 4) is 0 Å². The molecule has 0 amide bonds. The number of ketones is 2. The Morgan fingerprint density at radius 3 is 2.47 bits per heavy atom. The third-order valence-electron chi connectivity index (χ3n) is 4.22. The third kappa shape index (κ3) is 2.35. The standard InChI is InChI=1S/C16H18O3/c17-13-11-16(9-5-2-6-10-16)19-15(13)14(18)12-7-3-1-4-8-12/h1,3-4,7-8,15H,2,5-6,9-11H2. The molecule has 1 aromatic carbocycles. The summed E-state index contributed by atoms with van der Waals surface area (Å²) in [7, 11) is 0. The summed E-state index contributed by atoms with van der Waals surface area (Å²) >= 11 is 0. The molecule has 1 aromatic rings. The highest BCUT2D eigenvalue weighted by Crippen LogP contribution is 2.41. The molecule has 100 valence electrons. The van der Waals surface area contributed by atoms with Crippen molar-refractivity contribution in [2.45, 2.75) is 50.2 Å². The Morgan fingerprint density at radius 1 is 1.11 bits per heavy atom. The van der Waals surface area contributed by atoms with Crippen molar-refractivity contribution in [1.82, 2.24) is 0 Å². The van der Waals surface area contributed by atoms with Crippen molar-refractivity contribution in [3.63, 3.8) is 0 Å². The maximum absolute atomic E-state index is 12.3. The van der Waals surface area contributed by atoms with E-state index in [1.807, 2.05) is 18.2 Å². The number of Topliss-reactive ketones (excluding diaryl/α,β-unsaturated/α-hetero) is 2. The van der Waals surface area contributed by atoms with Gasteiger partial charge < -0.3 is 4.74 Å². The van der Waals surface area contributed by atoms with E-state index in [1.165, 1.54) is 6.42 Å². The monoisotopic (exact) mass is 258 g/mol. The van der Waals surface area contributed by atoms with E-state index < -0.39 is 6.10 Å². The fraction of sp³-hybridized carbons (Fsp3) is 0.500. The molecule has 1 aliphatic carbocycles. The van der Waals surface area contributed by atoms with E-state index in [2.05, 4.69) is 0 Å². The smallest absolute Gasteiger partial charge is 0.199 e. The van der Waals surface area contributed by atoms with Crippen molar-refractivity contribution < 1.29 is 14.3 Å². The van der Waals surface area contributed by atoms with Gasteiger partial charge in [0.25, 0.3) is 0 Å². The topological polar surface area (TPSA) is 43.4 Å². The molecule has 0 radical (unpaired) electrons. The van der Waals surface area contributed by atoms with Gasteiger partial charge in [-0.15, -0.1) is 0 Å². The Hall–Kier alpha value is -1.48. The lowest BCUT2D eigenvalue weighted by Crippen LogP contribution is -2.33. The quantitative estimate of drug-likeness (QED) is 0.605. The Morgan fingerprint density at radius 2 is 1.79 bits per heavy atom. The molecule has 3 nitrogen and oxygen atoms in total. The van der Waals surface area contributed by atoms with Gasteiger partial charge in [-0.2, -0.15) is 0 Å². The van der Waals surface area contributed by atoms with E-state index >= 15 is 0 Å². The molecule has 19 heavy (non-hydrogen) atoms. The lowest BCUT2D eigenvalue weighted by atomic mass is 9.82. The number of hydrogen-bond donors (Lipinski definition) is 0. The lowest BCUT2D eigenvalue weighted by Gasteiger charge is -2.32. The zero-order chi connectivity index (χ0) is 13.3. The van der Waals surface area contributed by atoms with Gasteiger partial charge >= 0.3 is 0 Å². The minimum absolute atomic E-state index is 0.0456. The van der Waals surface area contributed by atoms with Crippen molar-refractivity contribution in [2.75, 3.05) is 0 Å². The lowest BCUT2D eigenvalue weighted by molar-refractivity contribution is -0.121. The van der Waals surface area contributed by atoms with Gasteiger partial charge in [0.1, 0.15) is 0 Å². The maximum atomic E-state index is 12.3. The predicted molar refractivity (Wildman–Crippen MR) is 71.1 cm³/mol. The summed E-state index contributed by atoms with van der Waals surface area (Å²) in [4.78, 5) is 24.5. The molecule has 1 saturated carbocycles. The van der Waals surface area contributed by atoms with E-state index in [-0.39, 0.29) is 17.2 Å². The summed E-state index contributed by atoms with van der Waals surface area (Å²) in [6.45, 7) is 0. The normalized spacial score (nSPS) is 25.7. The Balaban J connectivity index is 1.79. The molecular weight excluding hydrogens is 240 g/mol. The van der Waals surface area contributed by atoms with Crippen LogP contribution < -0.4 is 0 Å². The molecular formula is C16H18O3. The summed E-state index contributed by atoms with van der Waals surface area (Å²) in [5, 5.41) is 0. The summed E-state index contributed by atoms with van der Waals surface area (Å²) in [5.74, 6) is -0.233. The van der Waals surface area contributed by atoms with Crippen molar-refractivity contribution >= 4 is 11.6 Å². The fourth-order valence-corrected chi connectivity index (χ4v) is 3.21. The summed E-state index contributed by atoms with van der Waals surface area (Å²) in [6.07, 6.45) is 4.76. The van der Waals surface area contributed by atoms with Crippen molar-refractivity contribution in [2.24, 2.45) is 0 Å². The number of ether oxygens (including phenoxy) is 1. The van der Waals surface area contributed by atoms with Crippen LogP contribution in [0.2, 0.25) is 0 Å². The zero-order valence-corrected chi connectivity index (χ0v) is 10.9. The Bertz CT molecular complexity index is 486. The average molecular weight is 258 g/mol. The summed E-state index contributed by atoms with van der Waals surface area (Å²) < 4.78 is 5.92. The minimum Gasteiger partial charge on any atom is -0.355 e. The molecule has 2 fully saturated rings. The molecule has 2 aliphatic rings. The van der Waals surface area contributed by atoms with Gasteiger partial charge in [0.05, 0.1) is 5.60 Å². The van der Waals surface area contributed by atoms with Gasteiger partial charge in [-0.1, -0.05) is 49.6 Å². The summed E-state index contributed by atoms with van der Waals surface area (Å²) in [5.41, 5.74) is 0.221. The van der Waals surface area contributed by atoms with Crippen LogP contribution in [0.25, 0.3) is 0 Å². The SMILES string of the molecule is O=C1CC2(CCCCC2)OC1C(=O)c1ccccc1. The average Bonchev–Trinajstić information content (AvgIpc) is 2.76. The molecule has 1 aliphatic heterocycles. The molecule has 3 heteroatoms. The second kappa shape index (κ2) is 4.89. The van der Waals surface area contributed by atoms with Crippen LogP contribution in [0.3, 0.4) is 0 Å². The van der Waals surface area contributed by atoms with Gasteiger partial charge in [0.15, 0.2) is 17.7 Å². The number of benzene rings is 1. The number of rotatable bonds is 2. The van der Waals surface area contributed by atoms with Gasteiger partial charge in [-0.3, -0.25) is 9.59 Å². The molecule has 0 bridgehead atoms. The first kappa shape index (κ1) is 12.5. The van der Waals surface area contributed by atoms with Gasteiger partial charge in [-0.05, 0) is 12.8 Å². The maximum Gasteiger partial charge on any atom is 0.199 e. The van der Waals surface area contributed by atoms with Crippen molar-refractivity contribution in [1.29, 1.82) is 0 Å². The van der Waals surface area contributed by atoms with Crippen LogP contribution in [0.5, 0.6) is 0 Å². The second-order valence-corrected chi connectivity index (χ2v) is 5.61. The Kier molecular flexibility index (Phi) is 3.23. The zero-order valence-electron chi connectivity index (χ0n) is 10.9. The Labute approximate surface area is 113 Å². The molecule has 1 atom stereocenters. The largest absolute Gasteiger partial charge is 0.355 e. The second-order valence-electron chi connectivity index (χ2n) is 5.61. The molecule has 0 aromatic heterocycles. The van der Waals surface area contributed by atoms with Crippen LogP contribution in [-0.4, -0.2) is 23.3 Å².